The fraction of sp³-hybridized carbons (Fsp3) is 0.400. The van der Waals surface area contributed by atoms with E-state index in [2.05, 4.69) is 10.0 Å². The second kappa shape index (κ2) is 9.59. The van der Waals surface area contributed by atoms with E-state index in [4.69, 9.17) is 9.47 Å². The molecule has 3 rings (SSSR count). The van der Waals surface area contributed by atoms with Gasteiger partial charge in [-0.15, -0.1) is 11.3 Å². The minimum atomic E-state index is -3.79. The molecule has 0 saturated heterocycles. The highest BCUT2D eigenvalue weighted by Gasteiger charge is 2.32. The van der Waals surface area contributed by atoms with Crippen LogP contribution in [-0.4, -0.2) is 46.1 Å². The molecular formula is C20H24N2O6S2. The van der Waals surface area contributed by atoms with E-state index in [0.29, 0.717) is 13.0 Å². The van der Waals surface area contributed by atoms with Gasteiger partial charge in [-0.3, -0.25) is 4.79 Å². The van der Waals surface area contributed by atoms with Crippen molar-refractivity contribution in [2.45, 2.75) is 43.2 Å². The van der Waals surface area contributed by atoms with Crippen LogP contribution in [0, 0.1) is 0 Å². The van der Waals surface area contributed by atoms with E-state index in [1.807, 2.05) is 24.3 Å². The smallest absolute Gasteiger partial charge is 0.350 e. The number of methoxy groups -OCH3 is 1. The molecule has 1 amide bonds. The monoisotopic (exact) mass is 452 g/mol. The molecule has 30 heavy (non-hydrogen) atoms. The third kappa shape index (κ3) is 5.80. The summed E-state index contributed by atoms with van der Waals surface area (Å²) in [6.45, 7) is 1.82. The summed E-state index contributed by atoms with van der Waals surface area (Å²) in [4.78, 5) is 24.5. The normalized spacial score (nSPS) is 14.7. The van der Waals surface area contributed by atoms with Gasteiger partial charge >= 0.3 is 5.97 Å². The molecule has 1 aromatic carbocycles. The summed E-state index contributed by atoms with van der Waals surface area (Å²) in [5.74, 6) is -0.529. The molecule has 0 spiro atoms. The Morgan fingerprint density at radius 1 is 1.20 bits per heavy atom. The maximum atomic E-state index is 12.4. The van der Waals surface area contributed by atoms with Gasteiger partial charge in [-0.05, 0) is 55.3 Å². The lowest BCUT2D eigenvalue weighted by Crippen LogP contribution is -2.37. The van der Waals surface area contributed by atoms with Crippen molar-refractivity contribution in [2.24, 2.45) is 0 Å². The molecule has 162 valence electrons. The number of carbonyl (C=O) groups is 2. The molecule has 2 N–H and O–H groups in total. The van der Waals surface area contributed by atoms with Crippen molar-refractivity contribution in [3.8, 4) is 5.75 Å². The zero-order valence-corrected chi connectivity index (χ0v) is 18.3. The summed E-state index contributed by atoms with van der Waals surface area (Å²) in [5.41, 5.74) is 1.03. The molecule has 0 aliphatic heterocycles. The first-order valence-electron chi connectivity index (χ1n) is 9.51. The van der Waals surface area contributed by atoms with Gasteiger partial charge < -0.3 is 14.8 Å². The van der Waals surface area contributed by atoms with Crippen molar-refractivity contribution >= 4 is 33.2 Å². The maximum absolute atomic E-state index is 12.4. The van der Waals surface area contributed by atoms with Crippen LogP contribution in [0.3, 0.4) is 0 Å². The first-order valence-corrected chi connectivity index (χ1v) is 11.9. The predicted octanol–water partition coefficient (Wildman–Crippen LogP) is 2.10. The van der Waals surface area contributed by atoms with Crippen molar-refractivity contribution in [1.82, 2.24) is 10.0 Å². The summed E-state index contributed by atoms with van der Waals surface area (Å²) in [6.07, 6.45) is 1.13. The lowest BCUT2D eigenvalue weighted by molar-refractivity contribution is -0.129. The highest BCUT2D eigenvalue weighted by atomic mass is 32.2. The number of carbonyl (C=O) groups excluding carboxylic acids is 2. The number of amides is 1. The van der Waals surface area contributed by atoms with E-state index in [0.717, 1.165) is 35.5 Å². The van der Waals surface area contributed by atoms with Crippen LogP contribution in [0.2, 0.25) is 0 Å². The fourth-order valence-corrected chi connectivity index (χ4v) is 5.28. The van der Waals surface area contributed by atoms with Crippen LogP contribution < -0.4 is 14.8 Å². The third-order valence-electron chi connectivity index (χ3n) is 4.53. The molecule has 2 aromatic rings. The highest BCUT2D eigenvalue weighted by molar-refractivity contribution is 7.89. The number of hydrogen-bond donors (Lipinski definition) is 2. The number of benzene rings is 1. The van der Waals surface area contributed by atoms with E-state index in [-0.39, 0.29) is 15.8 Å². The second-order valence-corrected chi connectivity index (χ2v) is 9.54. The summed E-state index contributed by atoms with van der Waals surface area (Å²) in [6, 6.07) is 8.78. The van der Waals surface area contributed by atoms with Gasteiger partial charge in [0.15, 0.2) is 6.10 Å². The molecule has 1 heterocycles. The van der Waals surface area contributed by atoms with Crippen LogP contribution in [0.1, 0.15) is 35.0 Å². The number of thiophene rings is 1. The Labute approximate surface area is 179 Å². The minimum absolute atomic E-state index is 0.0407. The lowest BCUT2D eigenvalue weighted by Gasteiger charge is -2.14. The SMILES string of the molecule is COc1ccc(CCNC(=O)[C@H](C)OC(=O)c2sccc2S(=O)(=O)NC2CC2)cc1. The van der Waals surface area contributed by atoms with Crippen LogP contribution >= 0.6 is 11.3 Å². The van der Waals surface area contributed by atoms with Crippen molar-refractivity contribution in [2.75, 3.05) is 13.7 Å². The summed E-state index contributed by atoms with van der Waals surface area (Å²) in [5, 5.41) is 4.23. The molecule has 0 bridgehead atoms. The highest BCUT2D eigenvalue weighted by Crippen LogP contribution is 2.27. The Bertz CT molecular complexity index is 997. The molecular weight excluding hydrogens is 428 g/mol. The van der Waals surface area contributed by atoms with E-state index in [1.165, 1.54) is 18.4 Å². The molecule has 10 heteroatoms. The quantitative estimate of drug-likeness (QED) is 0.534. The predicted molar refractivity (Wildman–Crippen MR) is 112 cm³/mol. The number of hydrogen-bond acceptors (Lipinski definition) is 7. The molecule has 0 unspecified atom stereocenters. The van der Waals surface area contributed by atoms with Gasteiger partial charge in [-0.2, -0.15) is 0 Å². The topological polar surface area (TPSA) is 111 Å². The first-order chi connectivity index (χ1) is 14.3. The van der Waals surface area contributed by atoms with Crippen LogP contribution in [0.4, 0.5) is 0 Å². The second-order valence-electron chi connectivity index (χ2n) is 6.95. The van der Waals surface area contributed by atoms with E-state index in [1.54, 1.807) is 7.11 Å². The molecule has 0 radical (unpaired) electrons. The molecule has 1 fully saturated rings. The van der Waals surface area contributed by atoms with E-state index >= 15 is 0 Å². The molecule has 8 nitrogen and oxygen atoms in total. The Balaban J connectivity index is 1.51. The van der Waals surface area contributed by atoms with Crippen molar-refractivity contribution in [3.63, 3.8) is 0 Å². The molecule has 1 atom stereocenters. The van der Waals surface area contributed by atoms with E-state index < -0.39 is 28.0 Å². The Kier molecular flexibility index (Phi) is 7.11. The summed E-state index contributed by atoms with van der Waals surface area (Å²) < 4.78 is 37.6. The van der Waals surface area contributed by atoms with Gasteiger partial charge in [-0.1, -0.05) is 12.1 Å². The number of nitrogens with one attached hydrogen (secondary N) is 2. The standard InChI is InChI=1S/C20H24N2O6S2/c1-13(19(23)21-11-9-14-3-7-16(27-2)8-4-14)28-20(24)18-17(10-12-29-18)30(25,26)22-15-5-6-15/h3-4,7-8,10,12-13,15,22H,5-6,9,11H2,1-2H3,(H,21,23)/t13-/m0/s1. The molecule has 1 aliphatic rings. The average Bonchev–Trinajstić information content (AvgIpc) is 3.36. The Morgan fingerprint density at radius 2 is 1.90 bits per heavy atom. The van der Waals surface area contributed by atoms with Gasteiger partial charge in [0.2, 0.25) is 10.0 Å². The van der Waals surface area contributed by atoms with Gasteiger partial charge in [0.25, 0.3) is 5.91 Å². The van der Waals surface area contributed by atoms with Crippen LogP contribution in [0.25, 0.3) is 0 Å². The third-order valence-corrected chi connectivity index (χ3v) is 7.11. The lowest BCUT2D eigenvalue weighted by atomic mass is 10.1. The number of rotatable bonds is 10. The van der Waals surface area contributed by atoms with Crippen molar-refractivity contribution in [1.29, 1.82) is 0 Å². The van der Waals surface area contributed by atoms with Crippen LogP contribution in [-0.2, 0) is 26.0 Å². The number of sulfonamides is 1. The summed E-state index contributed by atoms with van der Waals surface area (Å²) >= 11 is 0.968. The maximum Gasteiger partial charge on any atom is 0.350 e. The van der Waals surface area contributed by atoms with Crippen LogP contribution in [0.15, 0.2) is 40.6 Å². The zero-order valence-electron chi connectivity index (χ0n) is 16.7. The first kappa shape index (κ1) is 22.3. The zero-order chi connectivity index (χ0) is 21.7. The number of ether oxygens (including phenoxy) is 2. The van der Waals surface area contributed by atoms with Gasteiger partial charge in [-0.25, -0.2) is 17.9 Å². The largest absolute Gasteiger partial charge is 0.497 e. The Hall–Kier alpha value is -2.43. The van der Waals surface area contributed by atoms with E-state index in [9.17, 15) is 18.0 Å². The van der Waals surface area contributed by atoms with Crippen LogP contribution in [0.5, 0.6) is 5.75 Å². The number of esters is 1. The van der Waals surface area contributed by atoms with Gasteiger partial charge in [0.05, 0.1) is 7.11 Å². The summed E-state index contributed by atoms with van der Waals surface area (Å²) in [7, 11) is -2.19. The average molecular weight is 453 g/mol. The Morgan fingerprint density at radius 3 is 2.53 bits per heavy atom. The van der Waals surface area contributed by atoms with Crippen molar-refractivity contribution in [3.05, 3.63) is 46.2 Å². The molecule has 1 saturated carbocycles. The molecule has 1 aromatic heterocycles. The van der Waals surface area contributed by atoms with Gasteiger partial charge in [0.1, 0.15) is 15.5 Å². The van der Waals surface area contributed by atoms with Gasteiger partial charge in [0, 0.05) is 12.6 Å². The fourth-order valence-electron chi connectivity index (χ4n) is 2.68. The minimum Gasteiger partial charge on any atom is -0.497 e. The molecule has 1 aliphatic carbocycles. The van der Waals surface area contributed by atoms with Crippen molar-refractivity contribution < 1.29 is 27.5 Å².